The van der Waals surface area contributed by atoms with Gasteiger partial charge in [0.2, 0.25) is 5.91 Å². The Kier molecular flexibility index (Phi) is 5.34. The Hall–Kier alpha value is -3.13. The molecule has 1 amide bonds. The van der Waals surface area contributed by atoms with Crippen molar-refractivity contribution in [2.75, 3.05) is 19.5 Å². The lowest BCUT2D eigenvalue weighted by molar-refractivity contribution is -0.115. The molecule has 2 heterocycles. The number of thioether (sulfide) groups is 1. The lowest BCUT2D eigenvalue weighted by Crippen LogP contribution is -2.22. The van der Waals surface area contributed by atoms with Gasteiger partial charge in [0.25, 0.3) is 0 Å². The van der Waals surface area contributed by atoms with Crippen LogP contribution in [-0.2, 0) is 4.79 Å². The number of phenolic OH excluding ortho intramolecular Hbond substituents is 1. The molecule has 156 valence electrons. The third kappa shape index (κ3) is 3.47. The van der Waals surface area contributed by atoms with E-state index < -0.39 is 0 Å². The molecule has 1 aromatic heterocycles. The fourth-order valence-electron chi connectivity index (χ4n) is 3.54. The minimum atomic E-state index is -0.272. The predicted molar refractivity (Wildman–Crippen MR) is 117 cm³/mol. The number of aromatic hydroxyl groups is 1. The standard InChI is InChI=1S/C22H23N3O4S/c1-12-19-20(14-5-10-17(26)18(11-14)29-4)30-13(2)22(27)23-21(19)25(24-12)15-6-8-16(28-3)9-7-15/h5-11,13,20,26H,1-4H3,(H,23,27). The number of carbonyl (C=O) groups is 1. The fourth-order valence-corrected chi connectivity index (χ4v) is 4.85. The van der Waals surface area contributed by atoms with E-state index in [2.05, 4.69) is 5.32 Å². The molecule has 30 heavy (non-hydrogen) atoms. The highest BCUT2D eigenvalue weighted by Gasteiger charge is 2.34. The number of nitrogens with one attached hydrogen (secondary N) is 1. The maximum absolute atomic E-state index is 12.8. The molecule has 7 nitrogen and oxygen atoms in total. The number of anilines is 1. The topological polar surface area (TPSA) is 85.6 Å². The van der Waals surface area contributed by atoms with E-state index in [0.717, 1.165) is 28.3 Å². The fraction of sp³-hybridized carbons (Fsp3) is 0.273. The maximum Gasteiger partial charge on any atom is 0.238 e. The van der Waals surface area contributed by atoms with Gasteiger partial charge in [0.05, 0.1) is 36.1 Å². The number of nitrogens with zero attached hydrogens (tertiary/aromatic N) is 2. The molecule has 2 N–H and O–H groups in total. The average molecular weight is 426 g/mol. The normalized spacial score (nSPS) is 18.3. The highest BCUT2D eigenvalue weighted by molar-refractivity contribution is 8.01. The Morgan fingerprint density at radius 2 is 1.87 bits per heavy atom. The third-order valence-electron chi connectivity index (χ3n) is 5.14. The van der Waals surface area contributed by atoms with Crippen LogP contribution in [0.4, 0.5) is 5.82 Å². The number of rotatable bonds is 4. The van der Waals surface area contributed by atoms with Crippen molar-refractivity contribution in [1.29, 1.82) is 0 Å². The van der Waals surface area contributed by atoms with Gasteiger partial charge in [0.1, 0.15) is 11.6 Å². The van der Waals surface area contributed by atoms with Crippen LogP contribution >= 0.6 is 11.8 Å². The number of benzene rings is 2. The molecule has 1 aliphatic rings. The Morgan fingerprint density at radius 3 is 2.53 bits per heavy atom. The number of aryl methyl sites for hydroxylation is 1. The zero-order valence-corrected chi connectivity index (χ0v) is 18.0. The van der Waals surface area contributed by atoms with E-state index >= 15 is 0 Å². The number of methoxy groups -OCH3 is 2. The number of hydrogen-bond donors (Lipinski definition) is 2. The van der Waals surface area contributed by atoms with Gasteiger partial charge in [-0.3, -0.25) is 4.79 Å². The molecule has 0 aliphatic carbocycles. The van der Waals surface area contributed by atoms with Crippen molar-refractivity contribution >= 4 is 23.5 Å². The molecule has 0 spiro atoms. The summed E-state index contributed by atoms with van der Waals surface area (Å²) in [5.74, 6) is 1.79. The van der Waals surface area contributed by atoms with Crippen LogP contribution < -0.4 is 14.8 Å². The molecule has 2 aromatic carbocycles. The molecule has 0 radical (unpaired) electrons. The second-order valence-electron chi connectivity index (χ2n) is 7.04. The molecule has 0 saturated carbocycles. The van der Waals surface area contributed by atoms with Crippen molar-refractivity contribution in [1.82, 2.24) is 9.78 Å². The first-order valence-electron chi connectivity index (χ1n) is 9.50. The first-order chi connectivity index (χ1) is 14.4. The van der Waals surface area contributed by atoms with Crippen molar-refractivity contribution in [3.63, 3.8) is 0 Å². The quantitative estimate of drug-likeness (QED) is 0.656. The van der Waals surface area contributed by atoms with Crippen LogP contribution in [0.25, 0.3) is 5.69 Å². The number of amides is 1. The summed E-state index contributed by atoms with van der Waals surface area (Å²) < 4.78 is 12.3. The van der Waals surface area contributed by atoms with Crippen molar-refractivity contribution in [3.8, 4) is 22.9 Å². The van der Waals surface area contributed by atoms with Gasteiger partial charge in [-0.1, -0.05) is 6.07 Å². The average Bonchev–Trinajstić information content (AvgIpc) is 3.00. The first-order valence-corrected chi connectivity index (χ1v) is 10.4. The summed E-state index contributed by atoms with van der Waals surface area (Å²) in [6.45, 7) is 3.82. The van der Waals surface area contributed by atoms with Gasteiger partial charge in [-0.15, -0.1) is 11.8 Å². The van der Waals surface area contributed by atoms with E-state index in [0.29, 0.717) is 11.6 Å². The van der Waals surface area contributed by atoms with E-state index in [-0.39, 0.29) is 22.2 Å². The van der Waals surface area contributed by atoms with Crippen LogP contribution in [0.15, 0.2) is 42.5 Å². The molecule has 4 rings (SSSR count). The van der Waals surface area contributed by atoms with Gasteiger partial charge in [0.15, 0.2) is 11.5 Å². The minimum Gasteiger partial charge on any atom is -0.504 e. The molecule has 0 saturated heterocycles. The highest BCUT2D eigenvalue weighted by Crippen LogP contribution is 2.47. The number of fused-ring (bicyclic) bond motifs is 1. The Bertz CT molecular complexity index is 1090. The molecule has 8 heteroatoms. The van der Waals surface area contributed by atoms with Crippen LogP contribution in [0.3, 0.4) is 0 Å². The van der Waals surface area contributed by atoms with Gasteiger partial charge in [-0.05, 0) is 55.8 Å². The van der Waals surface area contributed by atoms with Crippen molar-refractivity contribution < 1.29 is 19.4 Å². The molecular formula is C22H23N3O4S. The van der Waals surface area contributed by atoms with Gasteiger partial charge >= 0.3 is 0 Å². The molecule has 0 fully saturated rings. The van der Waals surface area contributed by atoms with Gasteiger partial charge in [0, 0.05) is 5.56 Å². The summed E-state index contributed by atoms with van der Waals surface area (Å²) in [6.07, 6.45) is 0. The summed E-state index contributed by atoms with van der Waals surface area (Å²) in [7, 11) is 3.14. The Balaban J connectivity index is 1.87. The summed E-state index contributed by atoms with van der Waals surface area (Å²) in [4.78, 5) is 12.8. The van der Waals surface area contributed by atoms with Crippen LogP contribution in [0, 0.1) is 6.92 Å². The molecule has 3 aromatic rings. The number of phenols is 1. The smallest absolute Gasteiger partial charge is 0.238 e. The summed E-state index contributed by atoms with van der Waals surface area (Å²) in [5, 5.41) is 17.4. The van der Waals surface area contributed by atoms with Crippen LogP contribution in [-0.4, -0.2) is 40.3 Å². The summed E-state index contributed by atoms with van der Waals surface area (Å²) in [6, 6.07) is 12.8. The van der Waals surface area contributed by atoms with Gasteiger partial charge < -0.3 is 19.9 Å². The van der Waals surface area contributed by atoms with E-state index in [4.69, 9.17) is 14.6 Å². The van der Waals surface area contributed by atoms with E-state index in [1.165, 1.54) is 7.11 Å². The Labute approximate surface area is 179 Å². The van der Waals surface area contributed by atoms with E-state index in [9.17, 15) is 9.90 Å². The molecule has 0 bridgehead atoms. The first kappa shape index (κ1) is 20.2. The molecular weight excluding hydrogens is 402 g/mol. The zero-order chi connectivity index (χ0) is 21.4. The Morgan fingerprint density at radius 1 is 1.13 bits per heavy atom. The lowest BCUT2D eigenvalue weighted by atomic mass is 10.0. The van der Waals surface area contributed by atoms with E-state index in [1.807, 2.05) is 50.2 Å². The van der Waals surface area contributed by atoms with Gasteiger partial charge in [-0.25, -0.2) is 4.68 Å². The van der Waals surface area contributed by atoms with Crippen molar-refractivity contribution in [3.05, 3.63) is 59.3 Å². The second-order valence-corrected chi connectivity index (χ2v) is 8.49. The van der Waals surface area contributed by atoms with E-state index in [1.54, 1.807) is 29.6 Å². The number of carbonyl (C=O) groups excluding carboxylic acids is 1. The zero-order valence-electron chi connectivity index (χ0n) is 17.2. The second kappa shape index (κ2) is 7.95. The lowest BCUT2D eigenvalue weighted by Gasteiger charge is -2.18. The molecule has 2 atom stereocenters. The number of ether oxygens (including phenoxy) is 2. The largest absolute Gasteiger partial charge is 0.504 e. The van der Waals surface area contributed by atoms with Crippen LogP contribution in [0.2, 0.25) is 0 Å². The predicted octanol–water partition coefficient (Wildman–Crippen LogP) is 4.07. The minimum absolute atomic E-state index is 0.0768. The number of aromatic nitrogens is 2. The molecule has 1 aliphatic heterocycles. The van der Waals surface area contributed by atoms with Crippen molar-refractivity contribution in [2.45, 2.75) is 24.3 Å². The van der Waals surface area contributed by atoms with Crippen LogP contribution in [0.1, 0.15) is 29.0 Å². The maximum atomic E-state index is 12.8. The molecule has 2 unspecified atom stereocenters. The van der Waals surface area contributed by atoms with Crippen molar-refractivity contribution in [2.24, 2.45) is 0 Å². The highest BCUT2D eigenvalue weighted by atomic mass is 32.2. The summed E-state index contributed by atoms with van der Waals surface area (Å²) in [5.41, 5.74) is 3.50. The number of hydrogen-bond acceptors (Lipinski definition) is 6. The van der Waals surface area contributed by atoms with Gasteiger partial charge in [-0.2, -0.15) is 5.10 Å². The monoisotopic (exact) mass is 425 g/mol. The summed E-state index contributed by atoms with van der Waals surface area (Å²) >= 11 is 1.54. The van der Waals surface area contributed by atoms with Crippen LogP contribution in [0.5, 0.6) is 17.2 Å². The SMILES string of the molecule is COc1ccc(-n2nc(C)c3c2NC(=O)C(C)SC3c2ccc(O)c(OC)c2)cc1. The third-order valence-corrected chi connectivity index (χ3v) is 6.55.